The largest absolute Gasteiger partial charge is 0.481 e. The second-order valence-electron chi connectivity index (χ2n) is 9.27. The smallest absolute Gasteiger partial charge is 0.332 e. The zero-order valence-electron chi connectivity index (χ0n) is 20.4. The van der Waals surface area contributed by atoms with E-state index in [2.05, 4.69) is 15.0 Å². The lowest BCUT2D eigenvalue weighted by Crippen LogP contribution is -2.34. The zero-order valence-corrected chi connectivity index (χ0v) is 21.2. The number of carbonyl (C=O) groups excluding carboxylic acids is 1. The Morgan fingerprint density at radius 2 is 2.11 bits per heavy atom. The van der Waals surface area contributed by atoms with Crippen molar-refractivity contribution in [2.75, 3.05) is 19.0 Å². The topological polar surface area (TPSA) is 158 Å². The molecule has 0 aliphatic heterocycles. The lowest BCUT2D eigenvalue weighted by molar-refractivity contribution is -0.00272. The van der Waals surface area contributed by atoms with Crippen LogP contribution in [0.15, 0.2) is 52.3 Å². The molecule has 1 saturated carbocycles. The number of halogens is 1. The van der Waals surface area contributed by atoms with Crippen molar-refractivity contribution in [1.82, 2.24) is 9.71 Å². The minimum absolute atomic E-state index is 0.0995. The summed E-state index contributed by atoms with van der Waals surface area (Å²) in [5.41, 5.74) is 0.234. The summed E-state index contributed by atoms with van der Waals surface area (Å²) in [6.07, 6.45) is 6.19. The van der Waals surface area contributed by atoms with Crippen LogP contribution in [0.5, 0.6) is 5.88 Å². The first kappa shape index (κ1) is 26.6. The highest BCUT2D eigenvalue weighted by Gasteiger charge is 2.28. The van der Waals surface area contributed by atoms with Crippen molar-refractivity contribution in [3.05, 3.63) is 59.7 Å². The normalized spacial score (nSPS) is 16.8. The van der Waals surface area contributed by atoms with Gasteiger partial charge in [-0.1, -0.05) is 19.3 Å². The number of aliphatic hydroxyl groups is 2. The van der Waals surface area contributed by atoms with Gasteiger partial charge in [0.1, 0.15) is 11.4 Å². The van der Waals surface area contributed by atoms with Gasteiger partial charge in [0.05, 0.1) is 25.7 Å². The number of hydrogen-bond acceptors (Lipinski definition) is 8. The molecule has 0 bridgehead atoms. The Labute approximate surface area is 214 Å². The van der Waals surface area contributed by atoms with Gasteiger partial charge in [-0.2, -0.15) is 0 Å². The molecule has 5 N–H and O–H groups in total. The number of methoxy groups -OCH3 is 1. The molecular formula is C25H29FN4O6S. The second kappa shape index (κ2) is 10.5. The number of furan rings is 1. The summed E-state index contributed by atoms with van der Waals surface area (Å²) in [7, 11) is -2.52. The molecule has 2 atom stereocenters. The molecule has 2 aromatic heterocycles. The summed E-state index contributed by atoms with van der Waals surface area (Å²) in [5, 5.41) is 21.8. The number of hydrogen-bond donors (Lipinski definition) is 5. The van der Waals surface area contributed by atoms with E-state index >= 15 is 0 Å². The first-order valence-electron chi connectivity index (χ1n) is 11.6. The lowest BCUT2D eigenvalue weighted by Gasteiger charge is -2.27. The number of nitrogens with one attached hydrogen (secondary N) is 3. The van der Waals surface area contributed by atoms with Crippen LogP contribution in [0.4, 0.5) is 14.9 Å². The van der Waals surface area contributed by atoms with E-state index in [0.29, 0.717) is 40.6 Å². The maximum Gasteiger partial charge on any atom is 0.332 e. The molecule has 2 heterocycles. The Balaban J connectivity index is 1.66. The quantitative estimate of drug-likeness (QED) is 0.277. The molecule has 12 heteroatoms. The monoisotopic (exact) mass is 532 g/mol. The molecule has 1 aliphatic carbocycles. The van der Waals surface area contributed by atoms with E-state index < -0.39 is 39.1 Å². The van der Waals surface area contributed by atoms with Gasteiger partial charge in [-0.25, -0.2) is 27.9 Å². The molecule has 0 spiro atoms. The number of pyridine rings is 1. The summed E-state index contributed by atoms with van der Waals surface area (Å²) in [5.74, 6) is 0.181. The third-order valence-electron chi connectivity index (χ3n) is 6.44. The van der Waals surface area contributed by atoms with Crippen LogP contribution in [0.1, 0.15) is 37.3 Å². The summed E-state index contributed by atoms with van der Waals surface area (Å²) < 4.78 is 48.3. The number of nitrogens with zero attached hydrogens (tertiary/aromatic N) is 1. The number of ether oxygens (including phenoxy) is 1. The molecule has 1 fully saturated rings. The predicted molar refractivity (Wildman–Crippen MR) is 134 cm³/mol. The maximum atomic E-state index is 14.7. The van der Waals surface area contributed by atoms with Gasteiger partial charge >= 0.3 is 6.03 Å². The molecule has 0 saturated heterocycles. The van der Waals surface area contributed by atoms with Gasteiger partial charge in [0, 0.05) is 29.5 Å². The number of aromatic nitrogens is 1. The number of carbonyl (C=O) groups is 1. The number of amides is 2. The fourth-order valence-corrected chi connectivity index (χ4v) is 4.95. The zero-order chi connectivity index (χ0) is 26.8. The van der Waals surface area contributed by atoms with Crippen molar-refractivity contribution in [3.8, 4) is 17.0 Å². The fourth-order valence-electron chi connectivity index (χ4n) is 4.06. The number of rotatable bonds is 9. The van der Waals surface area contributed by atoms with E-state index in [1.807, 2.05) is 0 Å². The number of urea groups is 1. The molecule has 1 unspecified atom stereocenters. The van der Waals surface area contributed by atoms with E-state index in [1.165, 1.54) is 32.4 Å². The third-order valence-corrected chi connectivity index (χ3v) is 7.69. The molecule has 198 valence electrons. The van der Waals surface area contributed by atoms with E-state index in [-0.39, 0.29) is 5.56 Å². The van der Waals surface area contributed by atoms with E-state index in [9.17, 15) is 23.6 Å². The number of benzene rings is 1. The van der Waals surface area contributed by atoms with Crippen LogP contribution >= 0.6 is 0 Å². The highest BCUT2D eigenvalue weighted by molar-refractivity contribution is 7.91. The Morgan fingerprint density at radius 1 is 1.35 bits per heavy atom. The Morgan fingerprint density at radius 3 is 2.76 bits per heavy atom. The minimum Gasteiger partial charge on any atom is -0.481 e. The molecule has 10 nitrogen and oxygen atoms in total. The van der Waals surface area contributed by atoms with Crippen molar-refractivity contribution >= 4 is 21.6 Å². The van der Waals surface area contributed by atoms with Gasteiger partial charge in [-0.15, -0.1) is 0 Å². The Hall–Kier alpha value is -3.48. The first-order valence-corrected chi connectivity index (χ1v) is 13.2. The van der Waals surface area contributed by atoms with E-state index in [4.69, 9.17) is 13.9 Å². The molecule has 1 aromatic carbocycles. The van der Waals surface area contributed by atoms with Gasteiger partial charge < -0.3 is 24.7 Å². The molecule has 2 amide bonds. The van der Waals surface area contributed by atoms with Crippen molar-refractivity contribution < 1.29 is 32.8 Å². The van der Waals surface area contributed by atoms with Gasteiger partial charge in [0.25, 0.3) is 0 Å². The molecule has 1 aliphatic rings. The second-order valence-corrected chi connectivity index (χ2v) is 11.0. The summed E-state index contributed by atoms with van der Waals surface area (Å²) in [6, 6.07) is 6.08. The van der Waals surface area contributed by atoms with Crippen molar-refractivity contribution in [2.45, 2.75) is 43.3 Å². The molecule has 4 rings (SSSR count). The van der Waals surface area contributed by atoms with E-state index in [0.717, 1.165) is 31.6 Å². The average molecular weight is 533 g/mol. The minimum atomic E-state index is -3.98. The third kappa shape index (κ3) is 5.92. The molecule has 3 aromatic rings. The highest BCUT2D eigenvalue weighted by atomic mass is 32.2. The molecule has 37 heavy (non-hydrogen) atoms. The summed E-state index contributed by atoms with van der Waals surface area (Å²) in [4.78, 5) is 17.1. The number of anilines is 1. The van der Waals surface area contributed by atoms with Gasteiger partial charge in [-0.05, 0) is 48.6 Å². The van der Waals surface area contributed by atoms with Crippen LogP contribution in [0.3, 0.4) is 0 Å². The maximum absolute atomic E-state index is 14.7. The van der Waals surface area contributed by atoms with Gasteiger partial charge in [0.15, 0.2) is 9.92 Å². The first-order chi connectivity index (χ1) is 17.5. The average Bonchev–Trinajstić information content (AvgIpc) is 3.35. The highest BCUT2D eigenvalue weighted by Crippen LogP contribution is 2.38. The van der Waals surface area contributed by atoms with Crippen LogP contribution in [0.25, 0.3) is 11.1 Å². The summed E-state index contributed by atoms with van der Waals surface area (Å²) in [6.45, 7) is 0.692. The SMILES string of the molecule is COc1cc(-c2cc(F)cc(CC3CCC3)c2NC(=O)N[S@@](=N)(=O)c2cc(C(C)(O)CO)co2)ccn1. The summed E-state index contributed by atoms with van der Waals surface area (Å²) >= 11 is 0. The van der Waals surface area contributed by atoms with Crippen LogP contribution in [-0.2, 0) is 21.9 Å². The predicted octanol–water partition coefficient (Wildman–Crippen LogP) is 4.17. The number of aliphatic hydroxyl groups excluding tert-OH is 1. The van der Waals surface area contributed by atoms with Crippen molar-refractivity contribution in [1.29, 1.82) is 4.78 Å². The van der Waals surface area contributed by atoms with Crippen LogP contribution < -0.4 is 14.8 Å². The van der Waals surface area contributed by atoms with Crippen LogP contribution in [0.2, 0.25) is 0 Å². The Bertz CT molecular complexity index is 1400. The van der Waals surface area contributed by atoms with Gasteiger partial charge in [0.2, 0.25) is 11.0 Å². The van der Waals surface area contributed by atoms with Crippen LogP contribution in [-0.4, -0.2) is 39.2 Å². The van der Waals surface area contributed by atoms with Crippen molar-refractivity contribution in [2.24, 2.45) is 5.92 Å². The lowest BCUT2D eigenvalue weighted by atomic mass is 9.80. The van der Waals surface area contributed by atoms with E-state index in [1.54, 1.807) is 12.1 Å². The fraction of sp³-hybridized carbons (Fsp3) is 0.360. The molecule has 0 radical (unpaired) electrons. The molecular weight excluding hydrogens is 503 g/mol. The standard InChI is InChI=1S/C25H29FN4O6S/c1-25(33,14-31)18-11-22(36-13-18)37(27,34)30-24(32)29-23-17(8-15-4-3-5-15)9-19(26)12-20(23)16-6-7-28-21(10-16)35-2/h6-7,9-13,15,31,33H,3-5,8,14H2,1-2H3,(H3,27,29,30,32,34)/t25?,37-/m1/s1. The Kier molecular flexibility index (Phi) is 7.53. The van der Waals surface area contributed by atoms with Gasteiger partial charge in [-0.3, -0.25) is 0 Å². The van der Waals surface area contributed by atoms with Crippen LogP contribution in [0, 0.1) is 16.5 Å². The van der Waals surface area contributed by atoms with Crippen molar-refractivity contribution in [3.63, 3.8) is 0 Å².